The fourth-order valence-corrected chi connectivity index (χ4v) is 4.66. The van der Waals surface area contributed by atoms with Gasteiger partial charge in [-0.05, 0) is 47.7 Å². The van der Waals surface area contributed by atoms with Gasteiger partial charge in [0.15, 0.2) is 0 Å². The zero-order valence-electron chi connectivity index (χ0n) is 17.0. The summed E-state index contributed by atoms with van der Waals surface area (Å²) in [7, 11) is -4.05. The molecule has 2 N–H and O–H groups in total. The summed E-state index contributed by atoms with van der Waals surface area (Å²) in [6.07, 6.45) is 0.151. The molecule has 4 aromatic rings. The Morgan fingerprint density at radius 2 is 1.47 bits per heavy atom. The Bertz CT molecular complexity index is 1340. The fourth-order valence-electron chi connectivity index (χ4n) is 3.46. The Labute approximate surface area is 186 Å². The van der Waals surface area contributed by atoms with Crippen molar-refractivity contribution >= 4 is 32.4 Å². The van der Waals surface area contributed by atoms with Crippen LogP contribution in [0.3, 0.4) is 0 Å². The van der Waals surface area contributed by atoms with Gasteiger partial charge in [0.05, 0.1) is 4.90 Å². The van der Waals surface area contributed by atoms with Gasteiger partial charge in [-0.15, -0.1) is 0 Å². The number of carbonyl (C=O) groups is 1. The molecule has 32 heavy (non-hydrogen) atoms. The first-order valence-corrected chi connectivity index (χ1v) is 11.5. The molecule has 0 aromatic heterocycles. The van der Waals surface area contributed by atoms with Crippen LogP contribution in [-0.2, 0) is 21.2 Å². The monoisotopic (exact) mass is 448 g/mol. The van der Waals surface area contributed by atoms with Crippen LogP contribution in [0.1, 0.15) is 5.56 Å². The first-order chi connectivity index (χ1) is 15.4. The van der Waals surface area contributed by atoms with Crippen LogP contribution in [0.25, 0.3) is 10.8 Å². The lowest BCUT2D eigenvalue weighted by Gasteiger charge is -2.19. The minimum atomic E-state index is -4.05. The van der Waals surface area contributed by atoms with Gasteiger partial charge in [0.2, 0.25) is 15.9 Å². The largest absolute Gasteiger partial charge is 0.324 e. The highest BCUT2D eigenvalue weighted by molar-refractivity contribution is 7.89. The summed E-state index contributed by atoms with van der Waals surface area (Å²) in [6, 6.07) is 25.7. The van der Waals surface area contributed by atoms with Crippen molar-refractivity contribution in [1.82, 2.24) is 4.72 Å². The summed E-state index contributed by atoms with van der Waals surface area (Å²) in [5, 5.41) is 4.67. The van der Waals surface area contributed by atoms with Gasteiger partial charge in [-0.25, -0.2) is 12.8 Å². The molecule has 4 aromatic carbocycles. The summed E-state index contributed by atoms with van der Waals surface area (Å²) in [4.78, 5) is 13.1. The molecule has 4 rings (SSSR count). The van der Waals surface area contributed by atoms with Gasteiger partial charge < -0.3 is 5.32 Å². The Kier molecular flexibility index (Phi) is 6.30. The van der Waals surface area contributed by atoms with E-state index in [-0.39, 0.29) is 11.3 Å². The zero-order valence-corrected chi connectivity index (χ0v) is 17.8. The van der Waals surface area contributed by atoms with Gasteiger partial charge in [0.25, 0.3) is 0 Å². The molecular weight excluding hydrogens is 427 g/mol. The number of halogens is 1. The number of sulfonamides is 1. The van der Waals surface area contributed by atoms with E-state index in [4.69, 9.17) is 0 Å². The number of benzene rings is 4. The third-order valence-electron chi connectivity index (χ3n) is 5.07. The van der Waals surface area contributed by atoms with Crippen LogP contribution in [0.4, 0.5) is 10.1 Å². The van der Waals surface area contributed by atoms with Gasteiger partial charge >= 0.3 is 0 Å². The summed E-state index contributed by atoms with van der Waals surface area (Å²) in [6.45, 7) is 0. The highest BCUT2D eigenvalue weighted by Gasteiger charge is 2.26. The molecule has 1 unspecified atom stereocenters. The van der Waals surface area contributed by atoms with Crippen molar-refractivity contribution < 1.29 is 17.6 Å². The maximum Gasteiger partial charge on any atom is 0.242 e. The van der Waals surface area contributed by atoms with Crippen LogP contribution in [-0.4, -0.2) is 20.4 Å². The number of hydrogen-bond acceptors (Lipinski definition) is 3. The minimum absolute atomic E-state index is 0.116. The molecule has 7 heteroatoms. The van der Waals surface area contributed by atoms with E-state index in [1.165, 1.54) is 12.1 Å². The Morgan fingerprint density at radius 1 is 0.812 bits per heavy atom. The molecule has 0 aliphatic carbocycles. The number of hydrogen-bond donors (Lipinski definition) is 2. The van der Waals surface area contributed by atoms with Crippen molar-refractivity contribution in [3.8, 4) is 0 Å². The number of carbonyl (C=O) groups excluding carboxylic acids is 1. The average Bonchev–Trinajstić information content (AvgIpc) is 2.80. The molecule has 0 saturated heterocycles. The first-order valence-electron chi connectivity index (χ1n) is 10.0. The molecule has 0 saturated carbocycles. The predicted molar refractivity (Wildman–Crippen MR) is 123 cm³/mol. The molecule has 0 heterocycles. The normalized spacial score (nSPS) is 12.4. The van der Waals surface area contributed by atoms with Gasteiger partial charge in [-0.2, -0.15) is 4.72 Å². The standard InChI is InChI=1S/C25H21FN2O3S/c26-20-13-15-21(16-14-20)32(30,31)28-24(17-18-7-2-1-3-8-18)25(29)27-23-12-6-10-19-9-4-5-11-22(19)23/h1-16,24,28H,17H2,(H,27,29). The van der Waals surface area contributed by atoms with Crippen molar-refractivity contribution in [2.75, 3.05) is 5.32 Å². The summed E-state index contributed by atoms with van der Waals surface area (Å²) in [5.74, 6) is -1.03. The van der Waals surface area contributed by atoms with Crippen LogP contribution in [0.2, 0.25) is 0 Å². The van der Waals surface area contributed by atoms with E-state index >= 15 is 0 Å². The van der Waals surface area contributed by atoms with Crippen molar-refractivity contribution in [2.24, 2.45) is 0 Å². The molecule has 162 valence electrons. The molecule has 0 radical (unpaired) electrons. The van der Waals surface area contributed by atoms with Crippen LogP contribution in [0.5, 0.6) is 0 Å². The lowest BCUT2D eigenvalue weighted by Crippen LogP contribution is -2.45. The molecule has 1 atom stereocenters. The number of nitrogens with one attached hydrogen (secondary N) is 2. The molecule has 0 aliphatic heterocycles. The number of fused-ring (bicyclic) bond motifs is 1. The Balaban J connectivity index is 1.64. The highest BCUT2D eigenvalue weighted by Crippen LogP contribution is 2.23. The Hall–Kier alpha value is -3.55. The van der Waals surface area contributed by atoms with Gasteiger partial charge in [0, 0.05) is 11.1 Å². The zero-order chi connectivity index (χ0) is 22.6. The number of amides is 1. The molecule has 0 fully saturated rings. The average molecular weight is 449 g/mol. The predicted octanol–water partition coefficient (Wildman–Crippen LogP) is 4.51. The second-order valence-corrected chi connectivity index (χ2v) is 9.05. The lowest BCUT2D eigenvalue weighted by atomic mass is 10.1. The maximum absolute atomic E-state index is 13.2. The molecule has 0 spiro atoms. The van der Waals surface area contributed by atoms with Crippen molar-refractivity contribution in [2.45, 2.75) is 17.4 Å². The molecule has 0 bridgehead atoms. The summed E-state index contributed by atoms with van der Waals surface area (Å²) < 4.78 is 41.5. The lowest BCUT2D eigenvalue weighted by molar-refractivity contribution is -0.117. The molecule has 1 amide bonds. The van der Waals surface area contributed by atoms with Gasteiger partial charge in [-0.1, -0.05) is 66.7 Å². The second kappa shape index (κ2) is 9.30. The first kappa shape index (κ1) is 21.7. The van der Waals surface area contributed by atoms with Gasteiger partial charge in [-0.3, -0.25) is 4.79 Å². The molecular formula is C25H21FN2O3S. The summed E-state index contributed by atoms with van der Waals surface area (Å²) >= 11 is 0. The third kappa shape index (κ3) is 5.01. The van der Waals surface area contributed by atoms with E-state index in [9.17, 15) is 17.6 Å². The van der Waals surface area contributed by atoms with Crippen LogP contribution in [0, 0.1) is 5.82 Å². The quantitative estimate of drug-likeness (QED) is 0.437. The Morgan fingerprint density at radius 3 is 2.22 bits per heavy atom. The second-order valence-electron chi connectivity index (χ2n) is 7.33. The summed E-state index contributed by atoms with van der Waals surface area (Å²) in [5.41, 5.74) is 1.39. The van der Waals surface area contributed by atoms with Crippen molar-refractivity contribution in [3.05, 3.63) is 108 Å². The molecule has 5 nitrogen and oxygen atoms in total. The number of anilines is 1. The topological polar surface area (TPSA) is 75.3 Å². The SMILES string of the molecule is O=C(Nc1cccc2ccccc12)C(Cc1ccccc1)NS(=O)(=O)c1ccc(F)cc1. The van der Waals surface area contributed by atoms with E-state index in [0.29, 0.717) is 5.69 Å². The van der Waals surface area contributed by atoms with E-state index in [1.807, 2.05) is 66.7 Å². The highest BCUT2D eigenvalue weighted by atomic mass is 32.2. The van der Waals surface area contributed by atoms with Crippen LogP contribution >= 0.6 is 0 Å². The van der Waals surface area contributed by atoms with E-state index in [1.54, 1.807) is 6.07 Å². The third-order valence-corrected chi connectivity index (χ3v) is 6.56. The van der Waals surface area contributed by atoms with E-state index in [2.05, 4.69) is 10.0 Å². The molecule has 0 aliphatic rings. The minimum Gasteiger partial charge on any atom is -0.324 e. The number of rotatable bonds is 7. The van der Waals surface area contributed by atoms with Crippen molar-refractivity contribution in [3.63, 3.8) is 0 Å². The maximum atomic E-state index is 13.2. The van der Waals surface area contributed by atoms with E-state index < -0.39 is 27.8 Å². The van der Waals surface area contributed by atoms with Crippen molar-refractivity contribution in [1.29, 1.82) is 0 Å². The van der Waals surface area contributed by atoms with Crippen LogP contribution in [0.15, 0.2) is 102 Å². The van der Waals surface area contributed by atoms with E-state index in [0.717, 1.165) is 28.5 Å². The fraction of sp³-hybridized carbons (Fsp3) is 0.0800. The van der Waals surface area contributed by atoms with Crippen LogP contribution < -0.4 is 10.0 Å². The smallest absolute Gasteiger partial charge is 0.242 e. The van der Waals surface area contributed by atoms with Gasteiger partial charge in [0.1, 0.15) is 11.9 Å².